The molecule has 2 aromatic rings. The van der Waals surface area contributed by atoms with Crippen molar-refractivity contribution in [1.29, 1.82) is 0 Å². The highest BCUT2D eigenvalue weighted by molar-refractivity contribution is 5.94. The number of amides is 1. The molecule has 1 aliphatic rings. The van der Waals surface area contributed by atoms with E-state index in [-0.39, 0.29) is 18.1 Å². The molecule has 0 aliphatic carbocycles. The molecule has 3 rings (SSSR count). The van der Waals surface area contributed by atoms with Crippen LogP contribution in [-0.4, -0.2) is 56.1 Å². The summed E-state index contributed by atoms with van der Waals surface area (Å²) < 4.78 is 7.64. The normalized spacial score (nSPS) is 20.9. The number of aryl methyl sites for hydroxylation is 1. The van der Waals surface area contributed by atoms with E-state index >= 15 is 0 Å². The van der Waals surface area contributed by atoms with E-state index in [4.69, 9.17) is 4.74 Å². The topological polar surface area (TPSA) is 73.1 Å². The molecule has 1 amide bonds. The summed E-state index contributed by atoms with van der Waals surface area (Å²) in [6.07, 6.45) is 8.53. The Morgan fingerprint density at radius 3 is 2.91 bits per heavy atom. The van der Waals surface area contributed by atoms with Crippen molar-refractivity contribution in [2.75, 3.05) is 13.2 Å². The second-order valence-electron chi connectivity index (χ2n) is 5.71. The van der Waals surface area contributed by atoms with Crippen LogP contribution in [0.1, 0.15) is 29.3 Å². The lowest BCUT2D eigenvalue weighted by Gasteiger charge is -2.27. The van der Waals surface area contributed by atoms with Crippen LogP contribution >= 0.6 is 0 Å². The summed E-state index contributed by atoms with van der Waals surface area (Å²) in [7, 11) is 1.89. The van der Waals surface area contributed by atoms with Crippen LogP contribution < -0.4 is 0 Å². The number of carbonyl (C=O) groups excluding carboxylic acids is 1. The number of ether oxygens (including phenoxy) is 1. The van der Waals surface area contributed by atoms with Crippen LogP contribution in [0.3, 0.4) is 0 Å². The molecule has 0 radical (unpaired) electrons. The molecule has 122 valence electrons. The van der Waals surface area contributed by atoms with E-state index in [2.05, 4.69) is 15.3 Å². The molecule has 2 aromatic heterocycles. The zero-order chi connectivity index (χ0) is 16.2. The van der Waals surface area contributed by atoms with E-state index in [9.17, 15) is 4.79 Å². The molecule has 0 saturated carbocycles. The molecule has 7 heteroatoms. The van der Waals surface area contributed by atoms with Gasteiger partial charge in [0, 0.05) is 26.4 Å². The first-order valence-corrected chi connectivity index (χ1v) is 7.86. The molecule has 0 unspecified atom stereocenters. The number of likely N-dealkylation sites (tertiary alicyclic amines) is 1. The molecular weight excluding hydrogens is 294 g/mol. The van der Waals surface area contributed by atoms with Gasteiger partial charge in [-0.25, -0.2) is 0 Å². The lowest BCUT2D eigenvalue weighted by Crippen LogP contribution is -2.42. The minimum atomic E-state index is -0.0176. The standard InChI is InChI=1S/C16H21N5O2/c1-3-23-15-5-7-21(16(22)13-4-6-17-18-10-13)14(15)8-12-9-19-20(2)11-12/h4,6,9-11,14-15H,3,5,7-8H2,1-2H3/t14-,15-/m1/s1. The lowest BCUT2D eigenvalue weighted by molar-refractivity contribution is 0.0312. The van der Waals surface area contributed by atoms with Crippen LogP contribution in [0.4, 0.5) is 0 Å². The zero-order valence-electron chi connectivity index (χ0n) is 13.4. The second-order valence-corrected chi connectivity index (χ2v) is 5.71. The number of hydrogen-bond donors (Lipinski definition) is 0. The lowest BCUT2D eigenvalue weighted by atomic mass is 10.0. The summed E-state index contributed by atoms with van der Waals surface area (Å²) in [6.45, 7) is 3.32. The Labute approximate surface area is 135 Å². The SMILES string of the molecule is CCO[C@@H]1CCN(C(=O)c2ccnnc2)[C@@H]1Cc1cnn(C)c1. The van der Waals surface area contributed by atoms with Crippen LogP contribution in [-0.2, 0) is 18.2 Å². The average molecular weight is 315 g/mol. The minimum absolute atomic E-state index is 0.0137. The smallest absolute Gasteiger partial charge is 0.255 e. The first kappa shape index (κ1) is 15.6. The van der Waals surface area contributed by atoms with Crippen molar-refractivity contribution in [3.8, 4) is 0 Å². The van der Waals surface area contributed by atoms with Crippen molar-refractivity contribution >= 4 is 5.91 Å². The van der Waals surface area contributed by atoms with Gasteiger partial charge in [-0.05, 0) is 31.4 Å². The molecule has 1 saturated heterocycles. The molecule has 0 aromatic carbocycles. The maximum Gasteiger partial charge on any atom is 0.255 e. The number of carbonyl (C=O) groups is 1. The Morgan fingerprint density at radius 2 is 2.26 bits per heavy atom. The van der Waals surface area contributed by atoms with Crippen LogP contribution in [0.15, 0.2) is 30.9 Å². The second kappa shape index (κ2) is 6.87. The predicted octanol–water partition coefficient (Wildman–Crippen LogP) is 1.07. The fraction of sp³-hybridized carbons (Fsp3) is 0.500. The van der Waals surface area contributed by atoms with E-state index in [1.54, 1.807) is 16.9 Å². The summed E-state index contributed by atoms with van der Waals surface area (Å²) in [5.74, 6) is -0.0176. The number of hydrogen-bond acceptors (Lipinski definition) is 5. The van der Waals surface area contributed by atoms with E-state index in [1.807, 2.05) is 31.3 Å². The van der Waals surface area contributed by atoms with Crippen LogP contribution in [0, 0.1) is 0 Å². The summed E-state index contributed by atoms with van der Waals surface area (Å²) in [5, 5.41) is 11.7. The number of aromatic nitrogens is 4. The summed E-state index contributed by atoms with van der Waals surface area (Å²) in [6, 6.07) is 1.71. The van der Waals surface area contributed by atoms with Gasteiger partial charge in [-0.15, -0.1) is 0 Å². The molecule has 0 bridgehead atoms. The van der Waals surface area contributed by atoms with Gasteiger partial charge in [-0.2, -0.15) is 15.3 Å². The van der Waals surface area contributed by atoms with E-state index < -0.39 is 0 Å². The third kappa shape index (κ3) is 3.39. The molecule has 0 N–H and O–H groups in total. The van der Waals surface area contributed by atoms with Gasteiger partial charge in [0.25, 0.3) is 5.91 Å². The van der Waals surface area contributed by atoms with E-state index in [0.29, 0.717) is 18.7 Å². The monoisotopic (exact) mass is 315 g/mol. The largest absolute Gasteiger partial charge is 0.376 e. The molecule has 3 heterocycles. The van der Waals surface area contributed by atoms with Crippen molar-refractivity contribution in [2.24, 2.45) is 7.05 Å². The summed E-state index contributed by atoms with van der Waals surface area (Å²) in [4.78, 5) is 14.7. The molecule has 23 heavy (non-hydrogen) atoms. The summed E-state index contributed by atoms with van der Waals surface area (Å²) in [5.41, 5.74) is 1.67. The van der Waals surface area contributed by atoms with Gasteiger partial charge in [0.1, 0.15) is 0 Å². The van der Waals surface area contributed by atoms with E-state index in [0.717, 1.165) is 18.4 Å². The maximum atomic E-state index is 12.8. The Kier molecular flexibility index (Phi) is 4.66. The molecule has 7 nitrogen and oxygen atoms in total. The van der Waals surface area contributed by atoms with Crippen molar-refractivity contribution in [1.82, 2.24) is 24.9 Å². The third-order valence-electron chi connectivity index (χ3n) is 4.16. The number of nitrogens with zero attached hydrogens (tertiary/aromatic N) is 5. The van der Waals surface area contributed by atoms with Crippen molar-refractivity contribution in [3.05, 3.63) is 42.0 Å². The van der Waals surface area contributed by atoms with Gasteiger partial charge in [0.15, 0.2) is 0 Å². The first-order chi connectivity index (χ1) is 11.2. The first-order valence-electron chi connectivity index (χ1n) is 7.86. The Balaban J connectivity index is 1.81. The molecule has 1 aliphatic heterocycles. The highest BCUT2D eigenvalue weighted by atomic mass is 16.5. The van der Waals surface area contributed by atoms with Crippen molar-refractivity contribution in [3.63, 3.8) is 0 Å². The van der Waals surface area contributed by atoms with Crippen LogP contribution in [0.25, 0.3) is 0 Å². The predicted molar refractivity (Wildman–Crippen MR) is 83.8 cm³/mol. The van der Waals surface area contributed by atoms with Crippen molar-refractivity contribution in [2.45, 2.75) is 31.9 Å². The fourth-order valence-corrected chi connectivity index (χ4v) is 3.13. The number of rotatable bonds is 5. The van der Waals surface area contributed by atoms with E-state index in [1.165, 1.54) is 6.20 Å². The molecular formula is C16H21N5O2. The fourth-order valence-electron chi connectivity index (χ4n) is 3.13. The van der Waals surface area contributed by atoms with Crippen LogP contribution in [0.2, 0.25) is 0 Å². The zero-order valence-corrected chi connectivity index (χ0v) is 13.4. The third-order valence-corrected chi connectivity index (χ3v) is 4.16. The summed E-state index contributed by atoms with van der Waals surface area (Å²) >= 11 is 0. The van der Waals surface area contributed by atoms with Crippen molar-refractivity contribution < 1.29 is 9.53 Å². The van der Waals surface area contributed by atoms with Gasteiger partial charge < -0.3 is 9.64 Å². The Hall–Kier alpha value is -2.28. The van der Waals surface area contributed by atoms with Crippen LogP contribution in [0.5, 0.6) is 0 Å². The van der Waals surface area contributed by atoms with Gasteiger partial charge in [-0.3, -0.25) is 9.48 Å². The van der Waals surface area contributed by atoms with Gasteiger partial charge in [-0.1, -0.05) is 0 Å². The average Bonchev–Trinajstić information content (AvgIpc) is 3.15. The molecule has 0 spiro atoms. The Morgan fingerprint density at radius 1 is 1.39 bits per heavy atom. The minimum Gasteiger partial charge on any atom is -0.376 e. The maximum absolute atomic E-state index is 12.8. The molecule has 2 atom stereocenters. The highest BCUT2D eigenvalue weighted by Gasteiger charge is 2.38. The van der Waals surface area contributed by atoms with Gasteiger partial charge in [0.05, 0.1) is 36.3 Å². The van der Waals surface area contributed by atoms with Gasteiger partial charge in [0.2, 0.25) is 0 Å². The highest BCUT2D eigenvalue weighted by Crippen LogP contribution is 2.26. The van der Waals surface area contributed by atoms with Gasteiger partial charge >= 0.3 is 0 Å². The quantitative estimate of drug-likeness (QED) is 0.825. The molecule has 1 fully saturated rings. The Bertz CT molecular complexity index is 658.